The Balaban J connectivity index is 0.000000207. The van der Waals surface area contributed by atoms with Crippen LogP contribution in [0.4, 0.5) is 27.6 Å². The van der Waals surface area contributed by atoms with E-state index in [1.165, 1.54) is 53.1 Å². The maximum atomic E-state index is 12.9. The first-order valence-electron chi connectivity index (χ1n) is 25.0. The molecule has 4 fully saturated rings. The van der Waals surface area contributed by atoms with E-state index in [9.17, 15) is 32.3 Å². The summed E-state index contributed by atoms with van der Waals surface area (Å²) in [5.74, 6) is 0.664. The normalized spacial score (nSPS) is 19.3. The molecule has 7 rings (SSSR count). The highest BCUT2D eigenvalue weighted by molar-refractivity contribution is 5.85. The van der Waals surface area contributed by atoms with Gasteiger partial charge in [-0.25, -0.2) is 27.6 Å². The van der Waals surface area contributed by atoms with Gasteiger partial charge in [0.05, 0.1) is 6.54 Å². The van der Waals surface area contributed by atoms with Crippen molar-refractivity contribution in [2.24, 2.45) is 11.8 Å². The molecule has 2 unspecified atom stereocenters. The molecule has 1 N–H and O–H groups in total. The number of carbonyl (C=O) groups excluding carboxylic acids is 4. The van der Waals surface area contributed by atoms with Crippen LogP contribution in [0.1, 0.15) is 130 Å². The summed E-state index contributed by atoms with van der Waals surface area (Å²) in [4.78, 5) is 51.8. The summed E-state index contributed by atoms with van der Waals surface area (Å²) in [7, 11) is 0. The number of ketones is 1. The zero-order chi connectivity index (χ0) is 51.5. The van der Waals surface area contributed by atoms with Crippen LogP contribution in [-0.4, -0.2) is 108 Å². The molecule has 14 heteroatoms. The molecule has 2 atom stereocenters. The first kappa shape index (κ1) is 57.2. The zero-order valence-electron chi connectivity index (χ0n) is 43.2. The van der Waals surface area contributed by atoms with Crippen molar-refractivity contribution in [3.05, 3.63) is 113 Å². The van der Waals surface area contributed by atoms with Crippen molar-refractivity contribution in [3.8, 4) is 0 Å². The highest BCUT2D eigenvalue weighted by atomic mass is 19.1. The van der Waals surface area contributed by atoms with Gasteiger partial charge in [-0.2, -0.15) is 0 Å². The van der Waals surface area contributed by atoms with E-state index in [2.05, 4.69) is 5.32 Å². The molecule has 4 saturated heterocycles. The first-order valence-corrected chi connectivity index (χ1v) is 25.0. The summed E-state index contributed by atoms with van der Waals surface area (Å²) in [6, 6.07) is 19.9. The summed E-state index contributed by atoms with van der Waals surface area (Å²) in [5, 5.41) is 3.39. The average molecular weight is 977 g/mol. The third kappa shape index (κ3) is 23.0. The zero-order valence-corrected chi connectivity index (χ0v) is 43.2. The number of Topliss-reactive ketones (excluding diaryl/α,β-unsaturated/α-hetero) is 1. The van der Waals surface area contributed by atoms with Gasteiger partial charge in [0, 0.05) is 39.1 Å². The van der Waals surface area contributed by atoms with Crippen molar-refractivity contribution in [2.75, 3.05) is 52.4 Å². The topological polar surface area (TPSA) is 118 Å². The van der Waals surface area contributed by atoms with Crippen LogP contribution < -0.4 is 5.32 Å². The Kier molecular flexibility index (Phi) is 22.3. The molecule has 70 heavy (non-hydrogen) atoms. The van der Waals surface area contributed by atoms with Crippen molar-refractivity contribution >= 4 is 30.1 Å². The number of nitrogens with one attached hydrogen (secondary N) is 1. The van der Waals surface area contributed by atoms with E-state index in [1.54, 1.807) is 34.1 Å². The number of rotatable bonds is 5. The lowest BCUT2D eigenvalue weighted by molar-refractivity contribution is -0.122. The Hall–Kier alpha value is -5.37. The van der Waals surface area contributed by atoms with Gasteiger partial charge in [0.15, 0.2) is 5.78 Å². The minimum atomic E-state index is -0.489. The summed E-state index contributed by atoms with van der Waals surface area (Å²) in [6.45, 7) is 22.5. The van der Waals surface area contributed by atoms with Crippen molar-refractivity contribution in [3.63, 3.8) is 0 Å². The van der Waals surface area contributed by atoms with E-state index >= 15 is 0 Å². The molecule has 4 aliphatic rings. The van der Waals surface area contributed by atoms with E-state index in [-0.39, 0.29) is 48.1 Å². The van der Waals surface area contributed by atoms with Gasteiger partial charge in [-0.05, 0) is 198 Å². The molecule has 3 amide bonds. The summed E-state index contributed by atoms with van der Waals surface area (Å²) >= 11 is 0. The number of amides is 3. The number of hydrogen-bond donors (Lipinski definition) is 1. The van der Waals surface area contributed by atoms with Crippen LogP contribution in [-0.2, 0) is 31.8 Å². The standard InChI is InChI=1S/C17H24FNO2.C17H22FNO2.C12H16FN.C10H17NO3/c2*1-17(2,3)21-16(20)19-10-4-5-14(12-19)11-13-6-8-15(18)9-7-13;13-12-5-3-10(4-6-12)8-11-2-1-7-14-9-11;1-10(2,3)14-9(13)11-6-4-5-8(12)7-11/h6-9,14H,4-5,10-12H2,1-3H3;6-9,11H,4-5,10,12H2,1-3H3;3-6,11,14H,1-2,7-9H2;4-7H2,1-3H3/b;14-11+;;. The molecule has 3 aromatic rings. The Morgan fingerprint density at radius 3 is 1.47 bits per heavy atom. The fraction of sp³-hybridized carbons (Fsp3) is 0.571. The van der Waals surface area contributed by atoms with Gasteiger partial charge in [0.2, 0.25) is 0 Å². The van der Waals surface area contributed by atoms with Gasteiger partial charge < -0.3 is 34.2 Å². The van der Waals surface area contributed by atoms with Crippen molar-refractivity contribution in [2.45, 2.75) is 143 Å². The molecule has 0 aromatic heterocycles. The van der Waals surface area contributed by atoms with Crippen LogP contribution in [0.15, 0.2) is 78.4 Å². The number of halogens is 3. The number of benzene rings is 3. The Labute approximate surface area is 415 Å². The molecular weight excluding hydrogens is 898 g/mol. The molecule has 0 aliphatic carbocycles. The maximum Gasteiger partial charge on any atom is 0.410 e. The first-order chi connectivity index (χ1) is 32.9. The highest BCUT2D eigenvalue weighted by Crippen LogP contribution is 2.24. The lowest BCUT2D eigenvalue weighted by Gasteiger charge is -2.34. The highest BCUT2D eigenvalue weighted by Gasteiger charge is 2.29. The monoisotopic (exact) mass is 977 g/mol. The third-order valence-electron chi connectivity index (χ3n) is 11.6. The van der Waals surface area contributed by atoms with Crippen molar-refractivity contribution in [1.29, 1.82) is 0 Å². The van der Waals surface area contributed by atoms with Crippen LogP contribution in [0.5, 0.6) is 0 Å². The second-order valence-electron chi connectivity index (χ2n) is 21.7. The molecule has 386 valence electrons. The fourth-order valence-corrected chi connectivity index (χ4v) is 8.35. The van der Waals surface area contributed by atoms with E-state index in [0.29, 0.717) is 32.0 Å². The molecule has 4 heterocycles. The van der Waals surface area contributed by atoms with Crippen molar-refractivity contribution < 1.29 is 46.6 Å². The molecule has 0 spiro atoms. The fourth-order valence-electron chi connectivity index (χ4n) is 8.35. The number of carbonyl (C=O) groups is 4. The van der Waals surface area contributed by atoms with Gasteiger partial charge in [-0.3, -0.25) is 4.79 Å². The second-order valence-corrected chi connectivity index (χ2v) is 21.7. The largest absolute Gasteiger partial charge is 0.444 e. The van der Waals surface area contributed by atoms with E-state index in [0.717, 1.165) is 88.2 Å². The quantitative estimate of drug-likeness (QED) is 0.251. The van der Waals surface area contributed by atoms with Crippen LogP contribution in [0.3, 0.4) is 0 Å². The number of hydrogen-bond acceptors (Lipinski definition) is 8. The van der Waals surface area contributed by atoms with Crippen LogP contribution in [0, 0.1) is 29.3 Å². The lowest BCUT2D eigenvalue weighted by atomic mass is 9.91. The van der Waals surface area contributed by atoms with Crippen LogP contribution >= 0.6 is 0 Å². The predicted molar refractivity (Wildman–Crippen MR) is 270 cm³/mol. The average Bonchev–Trinajstić information content (AvgIpc) is 3.28. The molecule has 0 bridgehead atoms. The Bertz CT molecular complexity index is 2120. The maximum absolute atomic E-state index is 12.9. The molecule has 4 aliphatic heterocycles. The van der Waals surface area contributed by atoms with E-state index < -0.39 is 16.8 Å². The van der Waals surface area contributed by atoms with Crippen LogP contribution in [0.25, 0.3) is 6.08 Å². The number of ether oxygens (including phenoxy) is 3. The van der Waals surface area contributed by atoms with Crippen molar-refractivity contribution in [1.82, 2.24) is 20.0 Å². The Morgan fingerprint density at radius 2 is 1.00 bits per heavy atom. The Morgan fingerprint density at radius 1 is 0.571 bits per heavy atom. The summed E-state index contributed by atoms with van der Waals surface area (Å²) in [6.07, 6.45) is 10.9. The molecular formula is C56H79F3N4O7. The van der Waals surface area contributed by atoms with Gasteiger partial charge in [-0.1, -0.05) is 48.0 Å². The third-order valence-corrected chi connectivity index (χ3v) is 11.6. The summed E-state index contributed by atoms with van der Waals surface area (Å²) < 4.78 is 54.5. The number of nitrogens with zero attached hydrogens (tertiary/aromatic N) is 3. The van der Waals surface area contributed by atoms with Gasteiger partial charge in [0.1, 0.15) is 34.3 Å². The number of piperidine rings is 4. The molecule has 3 aromatic carbocycles. The predicted octanol–water partition coefficient (Wildman–Crippen LogP) is 12.2. The lowest BCUT2D eigenvalue weighted by Crippen LogP contribution is -2.43. The number of likely N-dealkylation sites (tertiary alicyclic amines) is 3. The smallest absolute Gasteiger partial charge is 0.410 e. The van der Waals surface area contributed by atoms with E-state index in [1.807, 2.05) is 92.7 Å². The SMILES string of the molecule is CC(C)(C)OC(=O)N1CCC/C(=C\c2ccc(F)cc2)C1.CC(C)(C)OC(=O)N1CCCC(=O)C1.CC(C)(C)OC(=O)N1CCCC(Cc2ccc(F)cc2)C1.Fc1ccc(CC2CCCNC2)cc1. The molecule has 0 radical (unpaired) electrons. The minimum Gasteiger partial charge on any atom is -0.444 e. The van der Waals surface area contributed by atoms with Crippen LogP contribution in [0.2, 0.25) is 0 Å². The van der Waals surface area contributed by atoms with Gasteiger partial charge in [-0.15, -0.1) is 0 Å². The van der Waals surface area contributed by atoms with E-state index in [4.69, 9.17) is 14.2 Å². The molecule has 0 saturated carbocycles. The van der Waals surface area contributed by atoms with Gasteiger partial charge in [0.25, 0.3) is 0 Å². The van der Waals surface area contributed by atoms with Gasteiger partial charge >= 0.3 is 18.3 Å². The molecule has 11 nitrogen and oxygen atoms in total. The summed E-state index contributed by atoms with van der Waals surface area (Å²) in [5.41, 5.74) is 3.07. The second kappa shape index (κ2) is 27.3. The minimum absolute atomic E-state index is 0.113.